The molecule has 0 saturated carbocycles. The fourth-order valence-electron chi connectivity index (χ4n) is 1.81. The maximum absolute atomic E-state index is 2.29. The Morgan fingerprint density at radius 2 is 1.67 bits per heavy atom. The second-order valence-electron chi connectivity index (χ2n) is 4.02. The first-order valence-corrected chi connectivity index (χ1v) is 5.52. The summed E-state index contributed by atoms with van der Waals surface area (Å²) in [6, 6.07) is 14.9. The van der Waals surface area contributed by atoms with Crippen LogP contribution in [0.15, 0.2) is 54.9 Å². The molecule has 1 heterocycles. The summed E-state index contributed by atoms with van der Waals surface area (Å²) in [5.74, 6) is 0.633. The summed E-state index contributed by atoms with van der Waals surface area (Å²) in [5, 5.41) is 0. The molecule has 1 aromatic carbocycles. The molecule has 1 aromatic heterocycles. The normalized spacial score (nSPS) is 12.6. The van der Waals surface area contributed by atoms with Gasteiger partial charge in [-0.3, -0.25) is 0 Å². The summed E-state index contributed by atoms with van der Waals surface area (Å²) in [6.45, 7) is 3.39. The van der Waals surface area contributed by atoms with Gasteiger partial charge in [0.25, 0.3) is 0 Å². The van der Waals surface area contributed by atoms with Crippen molar-refractivity contribution in [1.29, 1.82) is 0 Å². The van der Waals surface area contributed by atoms with Crippen LogP contribution in [0.2, 0.25) is 0 Å². The minimum atomic E-state index is 0.633. The van der Waals surface area contributed by atoms with Gasteiger partial charge in [-0.15, -0.1) is 0 Å². The zero-order valence-electron chi connectivity index (χ0n) is 9.13. The predicted molar refractivity (Wildman–Crippen MR) is 63.9 cm³/mol. The van der Waals surface area contributed by atoms with Gasteiger partial charge >= 0.3 is 0 Å². The summed E-state index contributed by atoms with van der Waals surface area (Å²) in [6.07, 6.45) is 5.44. The summed E-state index contributed by atoms with van der Waals surface area (Å²) in [5.41, 5.74) is 1.43. The number of hydrogen-bond donors (Lipinski definition) is 0. The molecule has 0 spiro atoms. The predicted octanol–water partition coefficient (Wildman–Crippen LogP) is 3.68. The van der Waals surface area contributed by atoms with E-state index in [0.29, 0.717) is 5.92 Å². The maximum Gasteiger partial charge on any atom is 0.0225 e. The minimum Gasteiger partial charge on any atom is -0.354 e. The fraction of sp³-hybridized carbons (Fsp3) is 0.286. The van der Waals surface area contributed by atoms with E-state index in [-0.39, 0.29) is 0 Å². The van der Waals surface area contributed by atoms with Gasteiger partial charge in [-0.25, -0.2) is 0 Å². The molecule has 0 radical (unpaired) electrons. The molecule has 1 heteroatoms. The lowest BCUT2D eigenvalue weighted by Gasteiger charge is -2.12. The second-order valence-corrected chi connectivity index (χ2v) is 4.02. The molecule has 1 unspecified atom stereocenters. The van der Waals surface area contributed by atoms with Crippen molar-refractivity contribution in [3.63, 3.8) is 0 Å². The lowest BCUT2D eigenvalue weighted by atomic mass is 9.98. The molecule has 1 nitrogen and oxygen atoms in total. The van der Waals surface area contributed by atoms with Gasteiger partial charge in [0.2, 0.25) is 0 Å². The average Bonchev–Trinajstić information content (AvgIpc) is 2.80. The first-order chi connectivity index (χ1) is 7.36. The summed E-state index contributed by atoms with van der Waals surface area (Å²) in [7, 11) is 0. The van der Waals surface area contributed by atoms with Crippen molar-refractivity contribution in [3.05, 3.63) is 60.4 Å². The molecule has 0 amide bonds. The number of aromatic nitrogens is 1. The summed E-state index contributed by atoms with van der Waals surface area (Å²) in [4.78, 5) is 0. The average molecular weight is 199 g/mol. The Labute approximate surface area is 91.4 Å². The lowest BCUT2D eigenvalue weighted by Crippen LogP contribution is -2.00. The minimum absolute atomic E-state index is 0.633. The third-order valence-electron chi connectivity index (χ3n) is 2.86. The van der Waals surface area contributed by atoms with Crippen LogP contribution in [0.25, 0.3) is 0 Å². The van der Waals surface area contributed by atoms with Crippen LogP contribution in [0.4, 0.5) is 0 Å². The molecule has 1 atom stereocenters. The van der Waals surface area contributed by atoms with E-state index in [1.54, 1.807) is 0 Å². The van der Waals surface area contributed by atoms with Gasteiger partial charge < -0.3 is 4.57 Å². The fourth-order valence-corrected chi connectivity index (χ4v) is 1.81. The molecule has 0 aliphatic carbocycles. The van der Waals surface area contributed by atoms with Crippen LogP contribution in [0, 0.1) is 0 Å². The van der Waals surface area contributed by atoms with Crippen molar-refractivity contribution >= 4 is 0 Å². The Bertz CT molecular complexity index is 375. The van der Waals surface area contributed by atoms with Crippen molar-refractivity contribution in [2.75, 3.05) is 0 Å². The zero-order chi connectivity index (χ0) is 10.5. The van der Waals surface area contributed by atoms with E-state index < -0.39 is 0 Å². The SMILES string of the molecule is CC(CCn1cccc1)c1ccccc1. The first-order valence-electron chi connectivity index (χ1n) is 5.52. The third kappa shape index (κ3) is 2.72. The molecule has 2 aromatic rings. The molecule has 0 N–H and O–H groups in total. The highest BCUT2D eigenvalue weighted by Gasteiger charge is 2.03. The number of nitrogens with zero attached hydrogens (tertiary/aromatic N) is 1. The molecule has 0 aliphatic heterocycles. The van der Waals surface area contributed by atoms with Gasteiger partial charge in [0, 0.05) is 18.9 Å². The van der Waals surface area contributed by atoms with E-state index in [1.165, 1.54) is 12.0 Å². The largest absolute Gasteiger partial charge is 0.354 e. The Kier molecular flexibility index (Phi) is 3.23. The van der Waals surface area contributed by atoms with Crippen LogP contribution in [0.3, 0.4) is 0 Å². The monoisotopic (exact) mass is 199 g/mol. The summed E-state index contributed by atoms with van der Waals surface area (Å²) >= 11 is 0. The van der Waals surface area contributed by atoms with E-state index in [4.69, 9.17) is 0 Å². The Morgan fingerprint density at radius 3 is 2.33 bits per heavy atom. The third-order valence-corrected chi connectivity index (χ3v) is 2.86. The maximum atomic E-state index is 2.29. The van der Waals surface area contributed by atoms with Crippen molar-refractivity contribution in [1.82, 2.24) is 4.57 Å². The number of rotatable bonds is 4. The van der Waals surface area contributed by atoms with Crippen molar-refractivity contribution in [2.45, 2.75) is 25.8 Å². The van der Waals surface area contributed by atoms with E-state index in [9.17, 15) is 0 Å². The van der Waals surface area contributed by atoms with E-state index in [1.807, 2.05) is 0 Å². The number of benzene rings is 1. The van der Waals surface area contributed by atoms with E-state index in [2.05, 4.69) is 66.3 Å². The van der Waals surface area contributed by atoms with Gasteiger partial charge in [-0.2, -0.15) is 0 Å². The standard InChI is InChI=1S/C14H17N/c1-13(14-7-3-2-4-8-14)9-12-15-10-5-6-11-15/h2-8,10-11,13H,9,12H2,1H3. The van der Waals surface area contributed by atoms with Crippen LogP contribution in [-0.2, 0) is 6.54 Å². The van der Waals surface area contributed by atoms with Crippen LogP contribution in [-0.4, -0.2) is 4.57 Å². The molecule has 78 valence electrons. The second kappa shape index (κ2) is 4.83. The van der Waals surface area contributed by atoms with E-state index in [0.717, 1.165) is 6.54 Å². The quantitative estimate of drug-likeness (QED) is 0.708. The number of hydrogen-bond acceptors (Lipinski definition) is 0. The Balaban J connectivity index is 1.90. The smallest absolute Gasteiger partial charge is 0.0225 e. The van der Waals surface area contributed by atoms with Gasteiger partial charge in [-0.05, 0) is 30.0 Å². The van der Waals surface area contributed by atoms with Crippen molar-refractivity contribution in [2.24, 2.45) is 0 Å². The highest BCUT2D eigenvalue weighted by atomic mass is 14.9. The molecule has 2 rings (SSSR count). The first kappa shape index (κ1) is 10.0. The van der Waals surface area contributed by atoms with Gasteiger partial charge in [0.05, 0.1) is 0 Å². The van der Waals surface area contributed by atoms with Crippen LogP contribution in [0.1, 0.15) is 24.8 Å². The van der Waals surface area contributed by atoms with Crippen LogP contribution < -0.4 is 0 Å². The molecule has 0 aliphatic rings. The molecule has 0 bridgehead atoms. The topological polar surface area (TPSA) is 4.93 Å². The molecular formula is C14H17N. The van der Waals surface area contributed by atoms with Crippen molar-refractivity contribution in [3.8, 4) is 0 Å². The highest BCUT2D eigenvalue weighted by Crippen LogP contribution is 2.18. The van der Waals surface area contributed by atoms with Crippen LogP contribution >= 0.6 is 0 Å². The Hall–Kier alpha value is -1.50. The van der Waals surface area contributed by atoms with Gasteiger partial charge in [0.1, 0.15) is 0 Å². The highest BCUT2D eigenvalue weighted by molar-refractivity contribution is 5.18. The summed E-state index contributed by atoms with van der Waals surface area (Å²) < 4.78 is 2.24. The molecular weight excluding hydrogens is 182 g/mol. The number of aryl methyl sites for hydroxylation is 1. The van der Waals surface area contributed by atoms with Gasteiger partial charge in [0.15, 0.2) is 0 Å². The Morgan fingerprint density at radius 1 is 1.00 bits per heavy atom. The van der Waals surface area contributed by atoms with Gasteiger partial charge in [-0.1, -0.05) is 37.3 Å². The molecule has 0 fully saturated rings. The lowest BCUT2D eigenvalue weighted by molar-refractivity contribution is 0.578. The zero-order valence-corrected chi connectivity index (χ0v) is 9.13. The molecule has 0 saturated heterocycles. The van der Waals surface area contributed by atoms with Crippen LogP contribution in [0.5, 0.6) is 0 Å². The molecule has 15 heavy (non-hydrogen) atoms. The van der Waals surface area contributed by atoms with Crippen molar-refractivity contribution < 1.29 is 0 Å². The van der Waals surface area contributed by atoms with E-state index >= 15 is 0 Å².